The molecule has 1 aromatic rings. The summed E-state index contributed by atoms with van der Waals surface area (Å²) >= 11 is 0. The second kappa shape index (κ2) is 5.22. The van der Waals surface area contributed by atoms with Crippen LogP contribution in [0.3, 0.4) is 0 Å². The number of hydrogen-bond acceptors (Lipinski definition) is 4. The highest BCUT2D eigenvalue weighted by Crippen LogP contribution is 2.67. The Balaban J connectivity index is 3.73. The first-order chi connectivity index (χ1) is 8.17. The van der Waals surface area contributed by atoms with Crippen LogP contribution in [-0.2, 0) is 19.5 Å². The Bertz CT molecular complexity index is 576. The third-order valence-corrected chi connectivity index (χ3v) is 16.2. The van der Waals surface area contributed by atoms with Gasteiger partial charge in [0.05, 0.1) is 6.16 Å². The molecular formula is C9H14O6PS2+. The van der Waals surface area contributed by atoms with Crippen molar-refractivity contribution in [2.24, 2.45) is 0 Å². The molecule has 0 atom stereocenters. The van der Waals surface area contributed by atoms with Crippen LogP contribution in [0.4, 0.5) is 0 Å². The van der Waals surface area contributed by atoms with Crippen LogP contribution >= 0.6 is 5.67 Å². The molecule has 0 spiro atoms. The van der Waals surface area contributed by atoms with E-state index in [0.29, 0.717) is 0 Å². The lowest BCUT2D eigenvalue weighted by atomic mass is 10.4. The van der Waals surface area contributed by atoms with E-state index in [0.717, 1.165) is 0 Å². The van der Waals surface area contributed by atoms with Crippen molar-refractivity contribution in [3.63, 3.8) is 0 Å². The van der Waals surface area contributed by atoms with Crippen molar-refractivity contribution in [2.45, 2.75) is 13.3 Å². The van der Waals surface area contributed by atoms with Crippen molar-refractivity contribution in [1.82, 2.24) is 0 Å². The molecule has 0 fully saturated rings. The summed E-state index contributed by atoms with van der Waals surface area (Å²) in [6.07, 6.45) is -0.128. The number of hydrogen-bond donors (Lipinski definition) is 2. The van der Waals surface area contributed by atoms with Gasteiger partial charge in [-0.05, 0) is 18.6 Å². The van der Waals surface area contributed by atoms with Gasteiger partial charge in [-0.1, -0.05) is 25.1 Å². The lowest BCUT2D eigenvalue weighted by molar-refractivity contribution is 0.496. The molecular weight excluding hydrogens is 299 g/mol. The largest absolute Gasteiger partial charge is 0.404 e. The van der Waals surface area contributed by atoms with Crippen LogP contribution in [0.15, 0.2) is 30.3 Å². The zero-order valence-corrected chi connectivity index (χ0v) is 12.1. The topological polar surface area (TPSA) is 109 Å². The van der Waals surface area contributed by atoms with E-state index in [-0.39, 0.29) is 17.9 Å². The summed E-state index contributed by atoms with van der Waals surface area (Å²) in [5, 5.41) is -0.0724. The minimum Gasteiger partial charge on any atom is -0.256 e. The molecule has 0 aliphatic carbocycles. The van der Waals surface area contributed by atoms with Crippen LogP contribution in [-0.4, -0.2) is 32.1 Å². The smallest absolute Gasteiger partial charge is 0.256 e. The molecule has 0 aliphatic heterocycles. The van der Waals surface area contributed by atoms with Crippen LogP contribution in [0.5, 0.6) is 0 Å². The monoisotopic (exact) mass is 313 g/mol. The first-order valence-corrected chi connectivity index (χ1v) is 11.1. The molecule has 0 bridgehead atoms. The molecule has 2 N–H and O–H groups in total. The molecule has 0 amide bonds. The summed E-state index contributed by atoms with van der Waals surface area (Å²) in [5.41, 5.74) is -4.16. The van der Waals surface area contributed by atoms with Crippen molar-refractivity contribution in [3.05, 3.63) is 30.3 Å². The molecule has 0 unspecified atom stereocenters. The lowest BCUT2D eigenvalue weighted by Crippen LogP contribution is -2.28. The van der Waals surface area contributed by atoms with Gasteiger partial charge >= 0.3 is 25.1 Å². The van der Waals surface area contributed by atoms with E-state index in [1.165, 1.54) is 24.3 Å². The van der Waals surface area contributed by atoms with Gasteiger partial charge in [0.2, 0.25) is 0 Å². The maximum absolute atomic E-state index is 11.6. The van der Waals surface area contributed by atoms with Gasteiger partial charge in [0.1, 0.15) is 5.30 Å². The quantitative estimate of drug-likeness (QED) is 0.627. The second-order valence-electron chi connectivity index (χ2n) is 3.63. The van der Waals surface area contributed by atoms with E-state index >= 15 is 0 Å². The average molecular weight is 313 g/mol. The minimum atomic E-state index is -4.93. The molecule has 0 heterocycles. The predicted molar refractivity (Wildman–Crippen MR) is 71.3 cm³/mol. The van der Waals surface area contributed by atoms with E-state index in [1.807, 2.05) is 0 Å². The Kier molecular flexibility index (Phi) is 4.51. The molecule has 0 radical (unpaired) electrons. The molecule has 0 aromatic heterocycles. The maximum Gasteiger partial charge on any atom is 0.404 e. The first kappa shape index (κ1) is 15.5. The van der Waals surface area contributed by atoms with Gasteiger partial charge in [-0.25, -0.2) is 0 Å². The van der Waals surface area contributed by atoms with Crippen LogP contribution in [0.25, 0.3) is 0 Å². The van der Waals surface area contributed by atoms with Crippen LogP contribution in [0.1, 0.15) is 13.3 Å². The molecule has 9 heteroatoms. The van der Waals surface area contributed by atoms with Gasteiger partial charge in [-0.3, -0.25) is 9.11 Å². The van der Waals surface area contributed by atoms with Crippen molar-refractivity contribution in [3.8, 4) is 0 Å². The van der Waals surface area contributed by atoms with Gasteiger partial charge in [-0.15, -0.1) is 0 Å². The molecule has 0 saturated carbocycles. The number of benzene rings is 1. The molecule has 1 aromatic carbocycles. The van der Waals surface area contributed by atoms with Crippen LogP contribution < -0.4 is 5.30 Å². The molecule has 0 saturated heterocycles. The Morgan fingerprint density at radius 1 is 1.00 bits per heavy atom. The fourth-order valence-electron chi connectivity index (χ4n) is 1.69. The molecule has 6 nitrogen and oxygen atoms in total. The van der Waals surface area contributed by atoms with Crippen LogP contribution in [0.2, 0.25) is 0 Å². The molecule has 18 heavy (non-hydrogen) atoms. The standard InChI is InChI=1S/C9H13O6PS2/c1-2-8-16(17(10,11)12,18(13,14)15)9-6-4-3-5-7-9/h3-7H,2,8H2,1H3,(H-,10,11,12,13,14,15)/p+1. The van der Waals surface area contributed by atoms with E-state index in [2.05, 4.69) is 0 Å². The predicted octanol–water partition coefficient (Wildman–Crippen LogP) is 1.35. The van der Waals surface area contributed by atoms with Gasteiger partial charge in [0.25, 0.3) is 0 Å². The molecule has 1 rings (SSSR count). The minimum absolute atomic E-state index is 0.0724. The maximum atomic E-state index is 11.6. The van der Waals surface area contributed by atoms with Gasteiger partial charge in [0, 0.05) is 0 Å². The van der Waals surface area contributed by atoms with Gasteiger partial charge in [-0.2, -0.15) is 16.8 Å². The fraction of sp³-hybridized carbons (Fsp3) is 0.333. The Labute approximate surface area is 106 Å². The van der Waals surface area contributed by atoms with Crippen molar-refractivity contribution < 1.29 is 25.9 Å². The molecule has 0 aliphatic rings. The zero-order chi connectivity index (χ0) is 14.0. The highest BCUT2D eigenvalue weighted by molar-refractivity contribution is 8.88. The summed E-state index contributed by atoms with van der Waals surface area (Å²) in [6, 6.07) is 7.06. The second-order valence-corrected chi connectivity index (χ2v) is 14.9. The summed E-state index contributed by atoms with van der Waals surface area (Å²) in [6.45, 7) is 1.58. The highest BCUT2D eigenvalue weighted by Gasteiger charge is 2.64. The first-order valence-electron chi connectivity index (χ1n) is 5.05. The SMILES string of the molecule is CCC[P+](c1ccccc1)(S(=O)(=O)O)S(=O)(=O)O. The average Bonchev–Trinajstić information content (AvgIpc) is 2.23. The highest BCUT2D eigenvalue weighted by atomic mass is 33.1. The van der Waals surface area contributed by atoms with E-state index in [9.17, 15) is 25.9 Å². The lowest BCUT2D eigenvalue weighted by Gasteiger charge is -2.18. The van der Waals surface area contributed by atoms with E-state index < -0.39 is 25.1 Å². The van der Waals surface area contributed by atoms with Crippen molar-refractivity contribution in [2.75, 3.05) is 6.16 Å². The van der Waals surface area contributed by atoms with E-state index in [4.69, 9.17) is 0 Å². The third-order valence-electron chi connectivity index (χ3n) is 2.41. The summed E-state index contributed by atoms with van der Waals surface area (Å²) in [5.74, 6) is 0. The summed E-state index contributed by atoms with van der Waals surface area (Å²) in [7, 11) is -9.85. The zero-order valence-electron chi connectivity index (χ0n) is 9.59. The number of rotatable bonds is 5. The van der Waals surface area contributed by atoms with Crippen molar-refractivity contribution in [1.29, 1.82) is 0 Å². The third kappa shape index (κ3) is 2.57. The normalized spacial score (nSPS) is 13.5. The fourth-order valence-corrected chi connectivity index (χ4v) is 12.1. The van der Waals surface area contributed by atoms with Gasteiger partial charge in [0.15, 0.2) is 0 Å². The Morgan fingerprint density at radius 3 is 1.78 bits per heavy atom. The molecule has 102 valence electrons. The van der Waals surface area contributed by atoms with Crippen LogP contribution in [0, 0.1) is 0 Å². The summed E-state index contributed by atoms with van der Waals surface area (Å²) < 4.78 is 64.9. The van der Waals surface area contributed by atoms with Crippen molar-refractivity contribution >= 4 is 30.4 Å². The van der Waals surface area contributed by atoms with E-state index in [1.54, 1.807) is 13.0 Å². The van der Waals surface area contributed by atoms with Gasteiger partial charge < -0.3 is 0 Å². The Hall–Kier alpha value is -0.530. The Morgan fingerprint density at radius 2 is 1.44 bits per heavy atom. The summed E-state index contributed by atoms with van der Waals surface area (Å²) in [4.78, 5) is 0.